The predicted molar refractivity (Wildman–Crippen MR) is 83.6 cm³/mol. The van der Waals surface area contributed by atoms with Crippen molar-refractivity contribution in [2.75, 3.05) is 0 Å². The molecule has 1 aliphatic rings. The highest BCUT2D eigenvalue weighted by atomic mass is 16.6. The molecule has 1 heterocycles. The van der Waals surface area contributed by atoms with Crippen molar-refractivity contribution in [2.45, 2.75) is 60.0 Å². The lowest BCUT2D eigenvalue weighted by atomic mass is 9.85. The number of carbonyl (C=O) groups is 2. The van der Waals surface area contributed by atoms with Crippen LogP contribution >= 0.6 is 0 Å². The topological polar surface area (TPSA) is 61.2 Å². The second-order valence-corrected chi connectivity index (χ2v) is 7.32. The van der Waals surface area contributed by atoms with Gasteiger partial charge >= 0.3 is 5.97 Å². The quantitative estimate of drug-likeness (QED) is 0.787. The Morgan fingerprint density at radius 1 is 1.32 bits per heavy atom. The molecule has 0 fully saturated rings. The highest BCUT2D eigenvalue weighted by Gasteiger charge is 2.41. The van der Waals surface area contributed by atoms with E-state index in [1.165, 1.54) is 4.68 Å². The predicted octanol–water partition coefficient (Wildman–Crippen LogP) is 3.21. The maximum absolute atomic E-state index is 12.8. The second-order valence-electron chi connectivity index (χ2n) is 7.32. The minimum atomic E-state index is -0.643. The lowest BCUT2D eigenvalue weighted by Crippen LogP contribution is -2.33. The molecule has 0 saturated heterocycles. The number of allylic oxidation sites excluding steroid dienone is 1. The molecule has 2 rings (SSSR count). The van der Waals surface area contributed by atoms with Crippen LogP contribution in [0, 0.1) is 19.3 Å². The van der Waals surface area contributed by atoms with E-state index in [2.05, 4.69) is 5.10 Å². The Morgan fingerprint density at radius 2 is 1.95 bits per heavy atom. The van der Waals surface area contributed by atoms with Crippen molar-refractivity contribution in [3.05, 3.63) is 29.1 Å². The van der Waals surface area contributed by atoms with Gasteiger partial charge in [0.15, 0.2) is 0 Å². The maximum Gasteiger partial charge on any atom is 0.334 e. The first-order valence-electron chi connectivity index (χ1n) is 7.52. The van der Waals surface area contributed by atoms with Gasteiger partial charge in [-0.25, -0.2) is 9.48 Å². The summed E-state index contributed by atoms with van der Waals surface area (Å²) in [6, 6.07) is 1.87. The van der Waals surface area contributed by atoms with E-state index in [0.717, 1.165) is 11.4 Å². The van der Waals surface area contributed by atoms with Crippen LogP contribution in [0.5, 0.6) is 0 Å². The molecular formula is C17H24N2O3. The zero-order valence-corrected chi connectivity index (χ0v) is 14.2. The summed E-state index contributed by atoms with van der Waals surface area (Å²) >= 11 is 0. The van der Waals surface area contributed by atoms with Crippen LogP contribution in [0.2, 0.25) is 0 Å². The van der Waals surface area contributed by atoms with Gasteiger partial charge in [0.1, 0.15) is 5.60 Å². The van der Waals surface area contributed by atoms with E-state index in [1.807, 2.05) is 53.7 Å². The normalized spacial score (nSPS) is 21.6. The average Bonchev–Trinajstić information content (AvgIpc) is 2.91. The van der Waals surface area contributed by atoms with E-state index in [1.54, 1.807) is 0 Å². The third-order valence-corrected chi connectivity index (χ3v) is 3.76. The van der Waals surface area contributed by atoms with Gasteiger partial charge in [-0.15, -0.1) is 0 Å². The number of rotatable bonds is 2. The Hall–Kier alpha value is -1.91. The minimum absolute atomic E-state index is 0.0760. The van der Waals surface area contributed by atoms with Crippen molar-refractivity contribution < 1.29 is 14.3 Å². The fourth-order valence-electron chi connectivity index (χ4n) is 2.67. The highest BCUT2D eigenvalue weighted by molar-refractivity contribution is 5.93. The molecule has 1 aliphatic carbocycles. The van der Waals surface area contributed by atoms with Crippen LogP contribution in [0.3, 0.4) is 0 Å². The minimum Gasteiger partial charge on any atom is -0.457 e. The molecule has 0 spiro atoms. The molecule has 0 saturated carbocycles. The summed E-state index contributed by atoms with van der Waals surface area (Å²) in [6.07, 6.45) is 2.73. The van der Waals surface area contributed by atoms with Crippen LogP contribution < -0.4 is 0 Å². The summed E-state index contributed by atoms with van der Waals surface area (Å²) in [5.41, 5.74) is 1.03. The van der Waals surface area contributed by atoms with Crippen LogP contribution in [0.1, 0.15) is 56.7 Å². The van der Waals surface area contributed by atoms with E-state index in [4.69, 9.17) is 4.74 Å². The van der Waals surface area contributed by atoms with Gasteiger partial charge in [-0.2, -0.15) is 5.10 Å². The molecule has 1 aromatic rings. The molecule has 0 unspecified atom stereocenters. The van der Waals surface area contributed by atoms with Crippen molar-refractivity contribution >= 4 is 11.9 Å². The molecule has 1 atom stereocenters. The van der Waals surface area contributed by atoms with Crippen LogP contribution in [-0.2, 0) is 9.53 Å². The Morgan fingerprint density at radius 3 is 2.45 bits per heavy atom. The summed E-state index contributed by atoms with van der Waals surface area (Å²) in [4.78, 5) is 24.9. The molecule has 0 amide bonds. The Balaban J connectivity index is 2.14. The zero-order valence-electron chi connectivity index (χ0n) is 14.2. The average molecular weight is 304 g/mol. The number of nitrogens with zero attached hydrogens (tertiary/aromatic N) is 2. The summed E-state index contributed by atoms with van der Waals surface area (Å²) in [5.74, 6) is -0.412. The van der Waals surface area contributed by atoms with Gasteiger partial charge in [-0.05, 0) is 53.5 Å². The van der Waals surface area contributed by atoms with Crippen LogP contribution in [0.25, 0.3) is 0 Å². The third-order valence-electron chi connectivity index (χ3n) is 3.76. The van der Waals surface area contributed by atoms with E-state index < -0.39 is 11.0 Å². The van der Waals surface area contributed by atoms with Crippen LogP contribution in [0.4, 0.5) is 0 Å². The second kappa shape index (κ2) is 5.38. The number of hydrogen-bond acceptors (Lipinski definition) is 4. The number of aryl methyl sites for hydroxylation is 2. The van der Waals surface area contributed by atoms with Gasteiger partial charge in [-0.3, -0.25) is 4.79 Å². The molecule has 1 aromatic heterocycles. The molecule has 5 nitrogen and oxygen atoms in total. The summed E-state index contributed by atoms with van der Waals surface area (Å²) < 4.78 is 6.83. The zero-order chi connectivity index (χ0) is 16.7. The molecule has 0 bridgehead atoms. The largest absolute Gasteiger partial charge is 0.457 e. The van der Waals surface area contributed by atoms with Gasteiger partial charge in [0.05, 0.1) is 11.1 Å². The standard InChI is InChI=1S/C17H24N2O3/c1-11-9-12(2)19(18-11)15(21)17(6)8-7-13(10-17)14(20)22-16(3,4)5/h7,9H,8,10H2,1-6H3/t17-/m0/s1. The lowest BCUT2D eigenvalue weighted by Gasteiger charge is -2.24. The molecule has 0 N–H and O–H groups in total. The molecule has 22 heavy (non-hydrogen) atoms. The molecule has 0 radical (unpaired) electrons. The number of hydrogen-bond donors (Lipinski definition) is 0. The summed E-state index contributed by atoms with van der Waals surface area (Å²) in [5, 5.41) is 4.26. The van der Waals surface area contributed by atoms with Crippen molar-refractivity contribution in [2.24, 2.45) is 5.41 Å². The molecule has 5 heteroatoms. The number of ether oxygens (including phenoxy) is 1. The molecular weight excluding hydrogens is 280 g/mol. The van der Waals surface area contributed by atoms with Crippen molar-refractivity contribution in [1.29, 1.82) is 0 Å². The van der Waals surface area contributed by atoms with Crippen LogP contribution in [0.15, 0.2) is 17.7 Å². The molecule has 0 aliphatic heterocycles. The van der Waals surface area contributed by atoms with Crippen LogP contribution in [-0.4, -0.2) is 27.3 Å². The van der Waals surface area contributed by atoms with Gasteiger partial charge in [0.2, 0.25) is 0 Å². The number of esters is 1. The fraction of sp³-hybridized carbons (Fsp3) is 0.588. The van der Waals surface area contributed by atoms with Gasteiger partial charge in [-0.1, -0.05) is 13.0 Å². The number of aromatic nitrogens is 2. The smallest absolute Gasteiger partial charge is 0.334 e. The Kier molecular flexibility index (Phi) is 4.02. The first kappa shape index (κ1) is 16.5. The Bertz CT molecular complexity index is 649. The van der Waals surface area contributed by atoms with Gasteiger partial charge in [0.25, 0.3) is 5.91 Å². The first-order valence-corrected chi connectivity index (χ1v) is 7.52. The van der Waals surface area contributed by atoms with E-state index in [0.29, 0.717) is 18.4 Å². The van der Waals surface area contributed by atoms with Crippen molar-refractivity contribution in [3.63, 3.8) is 0 Å². The lowest BCUT2D eigenvalue weighted by molar-refractivity contribution is -0.150. The SMILES string of the molecule is Cc1cc(C)n(C(=O)[C@@]2(C)CC=C(C(=O)OC(C)(C)C)C2)n1. The summed E-state index contributed by atoms with van der Waals surface area (Å²) in [6.45, 7) is 11.1. The number of carbonyl (C=O) groups excluding carboxylic acids is 2. The van der Waals surface area contributed by atoms with E-state index in [9.17, 15) is 9.59 Å². The molecule has 0 aromatic carbocycles. The highest BCUT2D eigenvalue weighted by Crippen LogP contribution is 2.39. The van der Waals surface area contributed by atoms with E-state index in [-0.39, 0.29) is 11.9 Å². The Labute approximate surface area is 131 Å². The maximum atomic E-state index is 12.8. The van der Waals surface area contributed by atoms with Gasteiger partial charge < -0.3 is 4.74 Å². The molecule has 120 valence electrons. The monoisotopic (exact) mass is 304 g/mol. The first-order chi connectivity index (χ1) is 10.0. The van der Waals surface area contributed by atoms with Crippen molar-refractivity contribution in [1.82, 2.24) is 9.78 Å². The van der Waals surface area contributed by atoms with E-state index >= 15 is 0 Å². The fourth-order valence-corrected chi connectivity index (χ4v) is 2.67. The third kappa shape index (κ3) is 3.29. The van der Waals surface area contributed by atoms with Gasteiger partial charge in [0, 0.05) is 11.3 Å². The summed E-state index contributed by atoms with van der Waals surface area (Å²) in [7, 11) is 0. The van der Waals surface area contributed by atoms with Crippen molar-refractivity contribution in [3.8, 4) is 0 Å².